The van der Waals surface area contributed by atoms with Crippen LogP contribution in [0.5, 0.6) is 5.75 Å². The Morgan fingerprint density at radius 1 is 1.06 bits per heavy atom. The molecule has 0 unspecified atom stereocenters. The number of carbonyl (C=O) groups is 1. The Labute approximate surface area is 200 Å². The number of morpholine rings is 1. The highest BCUT2D eigenvalue weighted by atomic mass is 16.5. The number of aromatic nitrogens is 1. The summed E-state index contributed by atoms with van der Waals surface area (Å²) in [6, 6.07) is 16.2. The molecule has 3 aromatic rings. The smallest absolute Gasteiger partial charge is 0.273 e. The number of hydrogen-bond acceptors (Lipinski definition) is 6. The van der Waals surface area contributed by atoms with Gasteiger partial charge >= 0.3 is 0 Å². The molecule has 7 nitrogen and oxygen atoms in total. The van der Waals surface area contributed by atoms with E-state index >= 15 is 0 Å². The van der Waals surface area contributed by atoms with Crippen molar-refractivity contribution in [1.82, 2.24) is 15.4 Å². The first-order valence-electron chi connectivity index (χ1n) is 12.0. The number of nitrogens with one attached hydrogen (secondary N) is 1. The average molecular weight is 462 g/mol. The Bertz CT molecular complexity index is 1120. The van der Waals surface area contributed by atoms with Gasteiger partial charge in [-0.2, -0.15) is 0 Å². The van der Waals surface area contributed by atoms with Gasteiger partial charge in [0.25, 0.3) is 5.91 Å². The zero-order valence-electron chi connectivity index (χ0n) is 19.6. The van der Waals surface area contributed by atoms with Gasteiger partial charge in [-0.3, -0.25) is 9.69 Å². The van der Waals surface area contributed by atoms with Crippen LogP contribution >= 0.6 is 0 Å². The van der Waals surface area contributed by atoms with Gasteiger partial charge in [0.05, 0.1) is 26.4 Å². The van der Waals surface area contributed by atoms with Gasteiger partial charge in [0, 0.05) is 31.3 Å². The van der Waals surface area contributed by atoms with Crippen molar-refractivity contribution in [3.63, 3.8) is 0 Å². The van der Waals surface area contributed by atoms with E-state index in [0.29, 0.717) is 31.2 Å². The fraction of sp³-hybridized carbons (Fsp3) is 0.407. The monoisotopic (exact) mass is 461 g/mol. The van der Waals surface area contributed by atoms with E-state index in [-0.39, 0.29) is 11.9 Å². The number of rotatable bonds is 7. The van der Waals surface area contributed by atoms with Gasteiger partial charge in [-0.1, -0.05) is 29.4 Å². The summed E-state index contributed by atoms with van der Waals surface area (Å²) in [5.41, 5.74) is 5.18. The standard InChI is InChI=1S/C27H31N3O4/c1-32-23-10-8-20(9-11-23)25(30-12-14-33-15-13-30)18-28-27(31)24-17-26(34-29-24)22-7-6-19-4-2-3-5-21(19)16-22/h6-11,16-17,25H,2-5,12-15,18H2,1H3,(H,28,31)/t25-/m1/s1. The molecule has 1 fully saturated rings. The molecule has 1 saturated heterocycles. The van der Waals surface area contributed by atoms with Crippen LogP contribution in [-0.4, -0.2) is 55.9 Å². The van der Waals surface area contributed by atoms with Crippen molar-refractivity contribution in [2.24, 2.45) is 0 Å². The summed E-state index contributed by atoms with van der Waals surface area (Å²) in [7, 11) is 1.66. The molecule has 178 valence electrons. The van der Waals surface area contributed by atoms with Crippen LogP contribution < -0.4 is 10.1 Å². The number of hydrogen-bond donors (Lipinski definition) is 1. The number of nitrogens with zero attached hydrogens (tertiary/aromatic N) is 2. The first kappa shape index (κ1) is 22.6. The van der Waals surface area contributed by atoms with Gasteiger partial charge in [-0.25, -0.2) is 0 Å². The number of benzene rings is 2. The van der Waals surface area contributed by atoms with Crippen molar-refractivity contribution < 1.29 is 18.8 Å². The number of methoxy groups -OCH3 is 1. The highest BCUT2D eigenvalue weighted by Crippen LogP contribution is 2.28. The number of fused-ring (bicyclic) bond motifs is 1. The van der Waals surface area contributed by atoms with E-state index in [9.17, 15) is 4.79 Å². The van der Waals surface area contributed by atoms with Crippen LogP contribution in [0.25, 0.3) is 11.3 Å². The second-order valence-electron chi connectivity index (χ2n) is 8.91. The summed E-state index contributed by atoms with van der Waals surface area (Å²) in [4.78, 5) is 15.3. The molecule has 0 spiro atoms. The van der Waals surface area contributed by atoms with E-state index in [1.54, 1.807) is 13.2 Å². The Morgan fingerprint density at radius 3 is 2.59 bits per heavy atom. The molecule has 2 aromatic carbocycles. The SMILES string of the molecule is COc1ccc([C@@H](CNC(=O)c2cc(-c3ccc4c(c3)CCCC4)on2)N2CCOCC2)cc1. The van der Waals surface area contributed by atoms with E-state index in [1.165, 1.54) is 24.0 Å². The number of amides is 1. The summed E-state index contributed by atoms with van der Waals surface area (Å²) < 4.78 is 16.4. The average Bonchev–Trinajstić information content (AvgIpc) is 3.40. The van der Waals surface area contributed by atoms with E-state index < -0.39 is 0 Å². The van der Waals surface area contributed by atoms with Gasteiger partial charge in [-0.05, 0) is 60.6 Å². The number of carbonyl (C=O) groups excluding carboxylic acids is 1. The van der Waals surface area contributed by atoms with E-state index in [4.69, 9.17) is 14.0 Å². The Balaban J connectivity index is 1.28. The number of ether oxygens (including phenoxy) is 2. The predicted octanol–water partition coefficient (Wildman–Crippen LogP) is 4.03. The van der Waals surface area contributed by atoms with Crippen LogP contribution in [0.15, 0.2) is 53.1 Å². The van der Waals surface area contributed by atoms with E-state index in [1.807, 2.05) is 12.1 Å². The minimum atomic E-state index is -0.236. The lowest BCUT2D eigenvalue weighted by Gasteiger charge is -2.34. The molecular formula is C27H31N3O4. The second kappa shape index (κ2) is 10.4. The highest BCUT2D eigenvalue weighted by Gasteiger charge is 2.24. The summed E-state index contributed by atoms with van der Waals surface area (Å²) in [6.07, 6.45) is 4.71. The van der Waals surface area contributed by atoms with E-state index in [0.717, 1.165) is 42.8 Å². The summed E-state index contributed by atoms with van der Waals surface area (Å²) >= 11 is 0. The van der Waals surface area contributed by atoms with Crippen molar-refractivity contribution in [3.8, 4) is 17.1 Å². The summed E-state index contributed by atoms with van der Waals surface area (Å²) in [5.74, 6) is 1.20. The lowest BCUT2D eigenvalue weighted by Crippen LogP contribution is -2.43. The fourth-order valence-corrected chi connectivity index (χ4v) is 4.86. The molecule has 1 N–H and O–H groups in total. The Hall–Kier alpha value is -3.16. The van der Waals surface area contributed by atoms with Gasteiger partial charge in [-0.15, -0.1) is 0 Å². The van der Waals surface area contributed by atoms with Crippen molar-refractivity contribution in [1.29, 1.82) is 0 Å². The zero-order valence-corrected chi connectivity index (χ0v) is 19.6. The van der Waals surface area contributed by atoms with E-state index in [2.05, 4.69) is 45.7 Å². The minimum Gasteiger partial charge on any atom is -0.497 e. The van der Waals surface area contributed by atoms with Crippen molar-refractivity contribution in [2.75, 3.05) is 40.0 Å². The number of aryl methyl sites for hydroxylation is 2. The maximum Gasteiger partial charge on any atom is 0.273 e. The predicted molar refractivity (Wildman–Crippen MR) is 129 cm³/mol. The van der Waals surface area contributed by atoms with Crippen LogP contribution in [0.2, 0.25) is 0 Å². The van der Waals surface area contributed by atoms with Crippen LogP contribution in [0.3, 0.4) is 0 Å². The fourth-order valence-electron chi connectivity index (χ4n) is 4.86. The van der Waals surface area contributed by atoms with Crippen LogP contribution in [0.1, 0.15) is 46.1 Å². The first-order chi connectivity index (χ1) is 16.7. The molecule has 1 aliphatic heterocycles. The normalized spacial score (nSPS) is 17.1. The molecule has 1 aromatic heterocycles. The van der Waals surface area contributed by atoms with Crippen LogP contribution in [0.4, 0.5) is 0 Å². The van der Waals surface area contributed by atoms with Gasteiger partial charge < -0.3 is 19.3 Å². The molecular weight excluding hydrogens is 430 g/mol. The Kier molecular flexibility index (Phi) is 6.92. The van der Waals surface area contributed by atoms with Gasteiger partial charge in [0.2, 0.25) is 0 Å². The third-order valence-electron chi connectivity index (χ3n) is 6.82. The molecule has 0 saturated carbocycles. The summed E-state index contributed by atoms with van der Waals surface area (Å²) in [5, 5.41) is 7.12. The molecule has 2 heterocycles. The second-order valence-corrected chi connectivity index (χ2v) is 8.91. The quantitative estimate of drug-likeness (QED) is 0.573. The molecule has 1 amide bonds. The molecule has 7 heteroatoms. The van der Waals surface area contributed by atoms with Crippen LogP contribution in [-0.2, 0) is 17.6 Å². The zero-order chi connectivity index (χ0) is 23.3. The molecule has 1 atom stereocenters. The topological polar surface area (TPSA) is 76.8 Å². The lowest BCUT2D eigenvalue weighted by molar-refractivity contribution is 0.0162. The van der Waals surface area contributed by atoms with Crippen molar-refractivity contribution in [3.05, 3.63) is 70.9 Å². The van der Waals surface area contributed by atoms with Gasteiger partial charge in [0.1, 0.15) is 5.75 Å². The molecule has 0 radical (unpaired) electrons. The maximum absolute atomic E-state index is 12.9. The van der Waals surface area contributed by atoms with Crippen LogP contribution in [0, 0.1) is 0 Å². The lowest BCUT2D eigenvalue weighted by atomic mass is 9.90. The molecule has 34 heavy (non-hydrogen) atoms. The molecule has 5 rings (SSSR count). The highest BCUT2D eigenvalue weighted by molar-refractivity contribution is 5.93. The first-order valence-corrected chi connectivity index (χ1v) is 12.0. The maximum atomic E-state index is 12.9. The van der Waals surface area contributed by atoms with Crippen molar-refractivity contribution in [2.45, 2.75) is 31.7 Å². The third kappa shape index (κ3) is 5.00. The molecule has 0 bridgehead atoms. The largest absolute Gasteiger partial charge is 0.497 e. The summed E-state index contributed by atoms with van der Waals surface area (Å²) in [6.45, 7) is 3.48. The van der Waals surface area contributed by atoms with Crippen molar-refractivity contribution >= 4 is 5.91 Å². The van der Waals surface area contributed by atoms with Gasteiger partial charge in [0.15, 0.2) is 11.5 Å². The Morgan fingerprint density at radius 2 is 1.82 bits per heavy atom. The molecule has 1 aliphatic carbocycles. The third-order valence-corrected chi connectivity index (χ3v) is 6.82. The molecule has 2 aliphatic rings. The minimum absolute atomic E-state index is 0.0331.